The van der Waals surface area contributed by atoms with E-state index >= 15 is 0 Å². The number of nitrogens with zero attached hydrogens (tertiary/aromatic N) is 4. The van der Waals surface area contributed by atoms with Crippen LogP contribution in [0.15, 0.2) is 30.7 Å². The van der Waals surface area contributed by atoms with Crippen LogP contribution in [0, 0.1) is 6.92 Å². The molecule has 1 N–H and O–H groups in total. The van der Waals surface area contributed by atoms with E-state index in [0.29, 0.717) is 25.6 Å². The zero-order valence-electron chi connectivity index (χ0n) is 14.8. The zero-order valence-corrected chi connectivity index (χ0v) is 14.8. The number of likely N-dealkylation sites (tertiary alicyclic amines) is 1. The Balaban J connectivity index is 1.58. The number of nitrogens with one attached hydrogen (secondary N) is 1. The molecule has 1 saturated heterocycles. The first kappa shape index (κ1) is 17.3. The van der Waals surface area contributed by atoms with Gasteiger partial charge in [-0.3, -0.25) is 4.68 Å². The number of aromatic nitrogens is 3. The molecule has 2 amide bonds. The Labute approximate surface area is 148 Å². The third-order valence-corrected chi connectivity index (χ3v) is 4.35. The molecule has 0 saturated carbocycles. The van der Waals surface area contributed by atoms with E-state index < -0.39 is 0 Å². The second kappa shape index (κ2) is 8.00. The van der Waals surface area contributed by atoms with E-state index in [-0.39, 0.29) is 12.1 Å². The van der Waals surface area contributed by atoms with Crippen molar-refractivity contribution in [1.29, 1.82) is 0 Å². The average Bonchev–Trinajstić information content (AvgIpc) is 3.07. The van der Waals surface area contributed by atoms with Crippen molar-refractivity contribution in [3.63, 3.8) is 0 Å². The molecule has 25 heavy (non-hydrogen) atoms. The number of hydrogen-bond donors (Lipinski definition) is 1. The quantitative estimate of drug-likeness (QED) is 0.905. The molecule has 7 heteroatoms. The minimum absolute atomic E-state index is 0.0557. The van der Waals surface area contributed by atoms with Gasteiger partial charge < -0.3 is 15.0 Å². The molecule has 3 rings (SSSR count). The summed E-state index contributed by atoms with van der Waals surface area (Å²) in [5, 5.41) is 7.37. The van der Waals surface area contributed by atoms with Crippen molar-refractivity contribution < 1.29 is 9.53 Å². The molecule has 1 unspecified atom stereocenters. The normalized spacial score (nSPS) is 17.4. The van der Waals surface area contributed by atoms with Crippen molar-refractivity contribution in [1.82, 2.24) is 25.0 Å². The summed E-state index contributed by atoms with van der Waals surface area (Å²) in [5.41, 5.74) is 2.02. The molecule has 0 aromatic carbocycles. The molecule has 3 heterocycles. The first-order valence-corrected chi connectivity index (χ1v) is 8.77. The van der Waals surface area contributed by atoms with E-state index in [1.165, 1.54) is 0 Å². The van der Waals surface area contributed by atoms with Crippen LogP contribution in [0.4, 0.5) is 4.79 Å². The highest BCUT2D eigenvalue weighted by Crippen LogP contribution is 2.21. The van der Waals surface area contributed by atoms with E-state index in [9.17, 15) is 4.79 Å². The number of amides is 2. The predicted molar refractivity (Wildman–Crippen MR) is 94.4 cm³/mol. The summed E-state index contributed by atoms with van der Waals surface area (Å²) in [6, 6.07) is 3.95. The summed E-state index contributed by atoms with van der Waals surface area (Å²) >= 11 is 0. The molecule has 2 aromatic rings. The summed E-state index contributed by atoms with van der Waals surface area (Å²) < 4.78 is 7.48. The van der Waals surface area contributed by atoms with Crippen molar-refractivity contribution in [3.8, 4) is 5.88 Å². The van der Waals surface area contributed by atoms with E-state index in [1.807, 2.05) is 48.0 Å². The van der Waals surface area contributed by atoms with Crippen LogP contribution in [0.25, 0.3) is 0 Å². The molecule has 0 radical (unpaired) electrons. The lowest BCUT2D eigenvalue weighted by Crippen LogP contribution is -2.45. The van der Waals surface area contributed by atoms with E-state index in [1.54, 1.807) is 6.20 Å². The number of rotatable bonds is 5. The van der Waals surface area contributed by atoms with Gasteiger partial charge in [-0.05, 0) is 38.3 Å². The fourth-order valence-corrected chi connectivity index (χ4v) is 3.10. The maximum absolute atomic E-state index is 12.5. The molecular formula is C18H25N5O2. The SMILES string of the molecule is CCOc1ncccc1CNC(=O)N1CCCC(n2cc(C)cn2)C1. The van der Waals surface area contributed by atoms with Gasteiger partial charge in [-0.25, -0.2) is 9.78 Å². The molecule has 0 bridgehead atoms. The number of ether oxygens (including phenoxy) is 1. The Morgan fingerprint density at radius 3 is 3.12 bits per heavy atom. The Morgan fingerprint density at radius 2 is 2.36 bits per heavy atom. The molecule has 1 atom stereocenters. The molecular weight excluding hydrogens is 318 g/mol. The van der Waals surface area contributed by atoms with Gasteiger partial charge in [-0.15, -0.1) is 0 Å². The lowest BCUT2D eigenvalue weighted by atomic mass is 10.1. The number of pyridine rings is 1. The molecule has 2 aromatic heterocycles. The summed E-state index contributed by atoms with van der Waals surface area (Å²) in [7, 11) is 0. The highest BCUT2D eigenvalue weighted by molar-refractivity contribution is 5.74. The van der Waals surface area contributed by atoms with Gasteiger partial charge in [0.2, 0.25) is 5.88 Å². The van der Waals surface area contributed by atoms with Crippen LogP contribution < -0.4 is 10.1 Å². The predicted octanol–water partition coefficient (Wildman–Crippen LogP) is 2.53. The van der Waals surface area contributed by atoms with Crippen LogP contribution in [0.2, 0.25) is 0 Å². The van der Waals surface area contributed by atoms with Gasteiger partial charge in [0.05, 0.1) is 18.8 Å². The van der Waals surface area contributed by atoms with Crippen molar-refractivity contribution in [2.24, 2.45) is 0 Å². The molecule has 1 aliphatic heterocycles. The number of piperidine rings is 1. The monoisotopic (exact) mass is 343 g/mol. The largest absolute Gasteiger partial charge is 0.478 e. The molecule has 1 fully saturated rings. The van der Waals surface area contributed by atoms with Crippen LogP contribution in [0.3, 0.4) is 0 Å². The number of carbonyl (C=O) groups is 1. The first-order chi connectivity index (χ1) is 12.2. The summed E-state index contributed by atoms with van der Waals surface area (Å²) in [6.07, 6.45) is 7.61. The zero-order chi connectivity index (χ0) is 17.6. The number of aryl methyl sites for hydroxylation is 1. The fourth-order valence-electron chi connectivity index (χ4n) is 3.10. The lowest BCUT2D eigenvalue weighted by molar-refractivity contribution is 0.163. The smallest absolute Gasteiger partial charge is 0.317 e. The first-order valence-electron chi connectivity index (χ1n) is 8.77. The van der Waals surface area contributed by atoms with E-state index in [4.69, 9.17) is 4.74 Å². The number of carbonyl (C=O) groups excluding carboxylic acids is 1. The highest BCUT2D eigenvalue weighted by atomic mass is 16.5. The Hall–Kier alpha value is -2.57. The highest BCUT2D eigenvalue weighted by Gasteiger charge is 2.25. The molecule has 7 nitrogen and oxygen atoms in total. The Morgan fingerprint density at radius 1 is 1.48 bits per heavy atom. The van der Waals surface area contributed by atoms with E-state index in [0.717, 1.165) is 30.5 Å². The minimum Gasteiger partial charge on any atom is -0.478 e. The van der Waals surface area contributed by atoms with Crippen molar-refractivity contribution >= 4 is 6.03 Å². The standard InChI is InChI=1S/C18H25N5O2/c1-3-25-17-15(6-4-8-19-17)11-20-18(24)22-9-5-7-16(13-22)23-12-14(2)10-21-23/h4,6,8,10,12,16H,3,5,7,9,11,13H2,1-2H3,(H,20,24). The van der Waals surface area contributed by atoms with Crippen LogP contribution in [-0.4, -0.2) is 45.4 Å². The van der Waals surface area contributed by atoms with Crippen LogP contribution >= 0.6 is 0 Å². The molecule has 1 aliphatic rings. The van der Waals surface area contributed by atoms with Gasteiger partial charge in [0, 0.05) is 37.6 Å². The van der Waals surface area contributed by atoms with Crippen molar-refractivity contribution in [2.45, 2.75) is 39.3 Å². The fraction of sp³-hybridized carbons (Fsp3) is 0.500. The Bertz CT molecular complexity index is 715. The van der Waals surface area contributed by atoms with Gasteiger partial charge in [0.25, 0.3) is 0 Å². The second-order valence-corrected chi connectivity index (χ2v) is 6.30. The van der Waals surface area contributed by atoms with Gasteiger partial charge >= 0.3 is 6.03 Å². The van der Waals surface area contributed by atoms with Gasteiger partial charge in [-0.1, -0.05) is 6.07 Å². The maximum Gasteiger partial charge on any atom is 0.317 e. The topological polar surface area (TPSA) is 72.3 Å². The second-order valence-electron chi connectivity index (χ2n) is 6.30. The van der Waals surface area contributed by atoms with Crippen LogP contribution in [0.1, 0.15) is 36.9 Å². The van der Waals surface area contributed by atoms with Crippen molar-refractivity contribution in [3.05, 3.63) is 41.9 Å². The number of urea groups is 1. The van der Waals surface area contributed by atoms with Gasteiger partial charge in [0.1, 0.15) is 0 Å². The van der Waals surface area contributed by atoms with Gasteiger partial charge in [0.15, 0.2) is 0 Å². The van der Waals surface area contributed by atoms with Gasteiger partial charge in [-0.2, -0.15) is 5.10 Å². The summed E-state index contributed by atoms with van der Waals surface area (Å²) in [6.45, 7) is 6.36. The third kappa shape index (κ3) is 4.29. The van der Waals surface area contributed by atoms with Crippen molar-refractivity contribution in [2.75, 3.05) is 19.7 Å². The third-order valence-electron chi connectivity index (χ3n) is 4.35. The summed E-state index contributed by atoms with van der Waals surface area (Å²) in [5.74, 6) is 0.578. The maximum atomic E-state index is 12.5. The number of hydrogen-bond acceptors (Lipinski definition) is 4. The lowest BCUT2D eigenvalue weighted by Gasteiger charge is -2.32. The van der Waals surface area contributed by atoms with E-state index in [2.05, 4.69) is 15.4 Å². The molecule has 0 spiro atoms. The summed E-state index contributed by atoms with van der Waals surface area (Å²) in [4.78, 5) is 18.6. The average molecular weight is 343 g/mol. The molecule has 134 valence electrons. The van der Waals surface area contributed by atoms with Crippen LogP contribution in [-0.2, 0) is 6.54 Å². The molecule has 0 aliphatic carbocycles. The van der Waals surface area contributed by atoms with Crippen LogP contribution in [0.5, 0.6) is 5.88 Å². The Kier molecular flexibility index (Phi) is 5.53. The minimum atomic E-state index is -0.0557.